The van der Waals surface area contributed by atoms with Crippen molar-refractivity contribution in [3.8, 4) is 0 Å². The standard InChI is InChI=1S/C17H28IO5P/c1-14(2)22-24(19,23-15(3)4)13-21-17(10-18)12-20-11-16-8-6-5-7-9-16/h5-9,14-15,17H,10-13H2,1-4H3/t17-/m0/s1. The maximum Gasteiger partial charge on any atom is 0.356 e. The van der Waals surface area contributed by atoms with E-state index in [1.165, 1.54) is 0 Å². The molecule has 1 aromatic carbocycles. The molecule has 0 fully saturated rings. The molecule has 0 spiro atoms. The zero-order valence-electron chi connectivity index (χ0n) is 14.8. The zero-order chi connectivity index (χ0) is 18.0. The summed E-state index contributed by atoms with van der Waals surface area (Å²) in [5.41, 5.74) is 1.11. The minimum Gasteiger partial charge on any atom is -0.374 e. The molecule has 0 amide bonds. The van der Waals surface area contributed by atoms with E-state index in [0.717, 1.165) is 9.99 Å². The molecule has 0 N–H and O–H groups in total. The Bertz CT molecular complexity index is 481. The average molecular weight is 470 g/mol. The molecule has 0 heterocycles. The van der Waals surface area contributed by atoms with Crippen molar-refractivity contribution in [1.82, 2.24) is 0 Å². The van der Waals surface area contributed by atoms with Gasteiger partial charge in [0.2, 0.25) is 0 Å². The quantitative estimate of drug-likeness (QED) is 0.244. The monoisotopic (exact) mass is 470 g/mol. The number of rotatable bonds is 12. The predicted molar refractivity (Wildman–Crippen MR) is 105 cm³/mol. The smallest absolute Gasteiger partial charge is 0.356 e. The van der Waals surface area contributed by atoms with Crippen LogP contribution in [0.2, 0.25) is 0 Å². The van der Waals surface area contributed by atoms with E-state index in [-0.39, 0.29) is 24.7 Å². The van der Waals surface area contributed by atoms with Crippen LogP contribution in [0.3, 0.4) is 0 Å². The van der Waals surface area contributed by atoms with Gasteiger partial charge >= 0.3 is 7.60 Å². The van der Waals surface area contributed by atoms with E-state index in [1.54, 1.807) is 0 Å². The largest absolute Gasteiger partial charge is 0.374 e. The van der Waals surface area contributed by atoms with E-state index in [0.29, 0.717) is 13.2 Å². The van der Waals surface area contributed by atoms with Crippen molar-refractivity contribution >= 4 is 30.2 Å². The van der Waals surface area contributed by atoms with Crippen LogP contribution in [0.25, 0.3) is 0 Å². The van der Waals surface area contributed by atoms with Crippen LogP contribution in [-0.2, 0) is 29.7 Å². The molecule has 0 bridgehead atoms. The zero-order valence-corrected chi connectivity index (χ0v) is 17.9. The fourth-order valence-electron chi connectivity index (χ4n) is 1.94. The van der Waals surface area contributed by atoms with Gasteiger partial charge in [0.05, 0.1) is 31.5 Å². The van der Waals surface area contributed by atoms with Gasteiger partial charge in [-0.2, -0.15) is 0 Å². The van der Waals surface area contributed by atoms with Crippen molar-refractivity contribution < 1.29 is 23.1 Å². The van der Waals surface area contributed by atoms with Gasteiger partial charge in [-0.05, 0) is 33.3 Å². The van der Waals surface area contributed by atoms with Crippen molar-refractivity contribution in [3.05, 3.63) is 35.9 Å². The number of alkyl halides is 1. The highest BCUT2D eigenvalue weighted by atomic mass is 127. The van der Waals surface area contributed by atoms with E-state index in [4.69, 9.17) is 18.5 Å². The Labute approximate surface area is 159 Å². The van der Waals surface area contributed by atoms with E-state index in [9.17, 15) is 4.57 Å². The molecule has 0 saturated carbocycles. The molecule has 0 saturated heterocycles. The maximum atomic E-state index is 12.7. The lowest BCUT2D eigenvalue weighted by Crippen LogP contribution is -2.23. The molecule has 7 heteroatoms. The minimum absolute atomic E-state index is 0.0638. The van der Waals surface area contributed by atoms with Crippen LogP contribution >= 0.6 is 30.2 Å². The molecule has 24 heavy (non-hydrogen) atoms. The number of halogens is 1. The second kappa shape index (κ2) is 11.6. The van der Waals surface area contributed by atoms with Crippen LogP contribution in [0.1, 0.15) is 33.3 Å². The highest BCUT2D eigenvalue weighted by Crippen LogP contribution is 2.50. The van der Waals surface area contributed by atoms with Gasteiger partial charge in [0.25, 0.3) is 0 Å². The number of hydrogen-bond acceptors (Lipinski definition) is 5. The Balaban J connectivity index is 2.45. The van der Waals surface area contributed by atoms with Gasteiger partial charge in [-0.1, -0.05) is 52.9 Å². The summed E-state index contributed by atoms with van der Waals surface area (Å²) < 4.78 is 35.9. The molecule has 0 aliphatic carbocycles. The molecule has 1 rings (SSSR count). The van der Waals surface area contributed by atoms with Gasteiger partial charge in [0.1, 0.15) is 6.35 Å². The first-order chi connectivity index (χ1) is 11.3. The van der Waals surface area contributed by atoms with Crippen molar-refractivity contribution in [2.45, 2.75) is 52.6 Å². The van der Waals surface area contributed by atoms with Crippen LogP contribution < -0.4 is 0 Å². The van der Waals surface area contributed by atoms with Crippen LogP contribution in [0.15, 0.2) is 30.3 Å². The van der Waals surface area contributed by atoms with Gasteiger partial charge < -0.3 is 18.5 Å². The van der Waals surface area contributed by atoms with Gasteiger partial charge in [-0.15, -0.1) is 0 Å². The van der Waals surface area contributed by atoms with E-state index >= 15 is 0 Å². The van der Waals surface area contributed by atoms with Crippen molar-refractivity contribution in [1.29, 1.82) is 0 Å². The van der Waals surface area contributed by atoms with Crippen LogP contribution in [0, 0.1) is 0 Å². The first kappa shape index (κ1) is 22.1. The Morgan fingerprint density at radius 1 is 1.04 bits per heavy atom. The van der Waals surface area contributed by atoms with E-state index in [2.05, 4.69) is 22.6 Å². The average Bonchev–Trinajstić information content (AvgIpc) is 2.50. The van der Waals surface area contributed by atoms with Gasteiger partial charge in [0.15, 0.2) is 0 Å². The third kappa shape index (κ3) is 9.49. The number of hydrogen-bond donors (Lipinski definition) is 0. The molecule has 0 aromatic heterocycles. The molecule has 0 aliphatic heterocycles. The second-order valence-corrected chi connectivity index (χ2v) is 8.77. The van der Waals surface area contributed by atoms with Crippen molar-refractivity contribution in [2.24, 2.45) is 0 Å². The summed E-state index contributed by atoms with van der Waals surface area (Å²) in [6, 6.07) is 9.96. The van der Waals surface area contributed by atoms with Gasteiger partial charge in [-0.3, -0.25) is 4.57 Å². The summed E-state index contributed by atoms with van der Waals surface area (Å²) in [6.45, 7) is 8.27. The van der Waals surface area contributed by atoms with Gasteiger partial charge in [0, 0.05) is 4.43 Å². The summed E-state index contributed by atoms with van der Waals surface area (Å²) in [4.78, 5) is 0. The summed E-state index contributed by atoms with van der Waals surface area (Å²) >= 11 is 2.23. The topological polar surface area (TPSA) is 54.0 Å². The minimum atomic E-state index is -3.27. The first-order valence-corrected chi connectivity index (χ1v) is 11.3. The maximum absolute atomic E-state index is 12.7. The van der Waals surface area contributed by atoms with E-state index < -0.39 is 7.60 Å². The number of ether oxygens (including phenoxy) is 2. The van der Waals surface area contributed by atoms with Crippen LogP contribution in [0.4, 0.5) is 0 Å². The normalized spacial score (nSPS) is 13.6. The molecule has 1 atom stereocenters. The SMILES string of the molecule is CC(C)OP(=O)(CO[C@@H](CI)COCc1ccccc1)OC(C)C. The lowest BCUT2D eigenvalue weighted by molar-refractivity contribution is -0.00166. The highest BCUT2D eigenvalue weighted by molar-refractivity contribution is 14.1. The summed E-state index contributed by atoms with van der Waals surface area (Å²) in [7, 11) is -3.27. The Morgan fingerprint density at radius 3 is 2.12 bits per heavy atom. The molecule has 5 nitrogen and oxygen atoms in total. The molecule has 1 aromatic rings. The Morgan fingerprint density at radius 2 is 1.62 bits per heavy atom. The Kier molecular flexibility index (Phi) is 10.7. The fraction of sp³-hybridized carbons (Fsp3) is 0.647. The first-order valence-electron chi connectivity index (χ1n) is 8.09. The molecular formula is C17H28IO5P. The van der Waals surface area contributed by atoms with Gasteiger partial charge in [-0.25, -0.2) is 0 Å². The third-order valence-electron chi connectivity index (χ3n) is 2.80. The molecule has 138 valence electrons. The molecule has 0 radical (unpaired) electrons. The van der Waals surface area contributed by atoms with Crippen LogP contribution in [0.5, 0.6) is 0 Å². The summed E-state index contributed by atoms with van der Waals surface area (Å²) in [5, 5.41) is 0. The summed E-state index contributed by atoms with van der Waals surface area (Å²) in [5.74, 6) is 0. The molecule has 0 aliphatic rings. The highest BCUT2D eigenvalue weighted by Gasteiger charge is 2.29. The number of benzene rings is 1. The van der Waals surface area contributed by atoms with Crippen molar-refractivity contribution in [2.75, 3.05) is 17.4 Å². The predicted octanol–water partition coefficient (Wildman–Crippen LogP) is 5.02. The van der Waals surface area contributed by atoms with E-state index in [1.807, 2.05) is 58.0 Å². The fourth-order valence-corrected chi connectivity index (χ4v) is 4.30. The van der Waals surface area contributed by atoms with Crippen LogP contribution in [-0.4, -0.2) is 35.7 Å². The lowest BCUT2D eigenvalue weighted by atomic mass is 10.2. The molecule has 0 unspecified atom stereocenters. The third-order valence-corrected chi connectivity index (χ3v) is 5.73. The lowest BCUT2D eigenvalue weighted by Gasteiger charge is -2.24. The second-order valence-electron chi connectivity index (χ2n) is 5.99. The molecular weight excluding hydrogens is 442 g/mol. The Hall–Kier alpha value is 0.0200. The van der Waals surface area contributed by atoms with Crippen molar-refractivity contribution in [3.63, 3.8) is 0 Å². The summed E-state index contributed by atoms with van der Waals surface area (Å²) in [6.07, 6.45) is -0.601.